The fraction of sp³-hybridized carbons (Fsp3) is 0.154. The second-order valence-corrected chi connectivity index (χ2v) is 7.95. The highest BCUT2D eigenvalue weighted by Gasteiger charge is 2.17. The van der Waals surface area contributed by atoms with E-state index in [-0.39, 0.29) is 11.9 Å². The van der Waals surface area contributed by atoms with E-state index in [2.05, 4.69) is 12.1 Å². The maximum absolute atomic E-state index is 12.0. The van der Waals surface area contributed by atoms with Crippen LogP contribution in [-0.4, -0.2) is 25.2 Å². The van der Waals surface area contributed by atoms with Gasteiger partial charge in [0.15, 0.2) is 0 Å². The fourth-order valence-electron chi connectivity index (χ4n) is 3.49. The highest BCUT2D eigenvalue weighted by atomic mass is 32.1. The zero-order chi connectivity index (χ0) is 21.8. The molecule has 0 aliphatic carbocycles. The molecule has 156 valence electrons. The molecule has 0 bridgehead atoms. The minimum absolute atomic E-state index is 0.319. The van der Waals surface area contributed by atoms with Gasteiger partial charge >= 0.3 is 11.9 Å². The van der Waals surface area contributed by atoms with Crippen molar-refractivity contribution in [1.82, 2.24) is 0 Å². The number of carbonyl (C=O) groups excluding carboxylic acids is 2. The van der Waals surface area contributed by atoms with Gasteiger partial charge in [0.25, 0.3) is 0 Å². The molecule has 31 heavy (non-hydrogen) atoms. The Hall–Kier alpha value is -3.44. The summed E-state index contributed by atoms with van der Waals surface area (Å²) in [4.78, 5) is 25.1. The first-order chi connectivity index (χ1) is 15.1. The Bertz CT molecular complexity index is 1220. The Kier molecular flexibility index (Phi) is 6.14. The molecular weight excluding hydrogens is 408 g/mol. The summed E-state index contributed by atoms with van der Waals surface area (Å²) in [7, 11) is 0. The van der Waals surface area contributed by atoms with Crippen molar-refractivity contribution >= 4 is 33.4 Å². The van der Waals surface area contributed by atoms with Gasteiger partial charge in [-0.1, -0.05) is 42.5 Å². The molecule has 0 aliphatic rings. The van der Waals surface area contributed by atoms with Gasteiger partial charge < -0.3 is 9.47 Å². The second kappa shape index (κ2) is 9.14. The normalized spacial score (nSPS) is 10.8. The summed E-state index contributed by atoms with van der Waals surface area (Å²) in [5.41, 5.74) is 4.23. The van der Waals surface area contributed by atoms with Crippen molar-refractivity contribution in [3.63, 3.8) is 0 Å². The van der Waals surface area contributed by atoms with Crippen LogP contribution < -0.4 is 0 Å². The van der Waals surface area contributed by atoms with Crippen molar-refractivity contribution < 1.29 is 19.1 Å². The van der Waals surface area contributed by atoms with Gasteiger partial charge in [0.05, 0.1) is 24.3 Å². The summed E-state index contributed by atoms with van der Waals surface area (Å²) >= 11 is 1.71. The SMILES string of the molecule is CCOC(=O)c1ccc(-c2sc3ccccc3c2-c2ccc(C(=O)OCC)cc2)cc1. The number of benzene rings is 3. The van der Waals surface area contributed by atoms with Crippen molar-refractivity contribution in [3.05, 3.63) is 83.9 Å². The van der Waals surface area contributed by atoms with Crippen LogP contribution in [0, 0.1) is 0 Å². The quantitative estimate of drug-likeness (QED) is 0.324. The van der Waals surface area contributed by atoms with E-state index in [1.165, 1.54) is 4.70 Å². The van der Waals surface area contributed by atoms with E-state index in [1.807, 2.05) is 36.4 Å². The van der Waals surface area contributed by atoms with E-state index >= 15 is 0 Å². The molecule has 0 amide bonds. The van der Waals surface area contributed by atoms with Crippen LogP contribution in [0.3, 0.4) is 0 Å². The number of hydrogen-bond acceptors (Lipinski definition) is 5. The standard InChI is InChI=1S/C26H22O4S/c1-3-29-25(27)19-13-9-17(10-14-19)23-21-7-5-6-8-22(21)31-24(23)18-11-15-20(16-12-18)26(28)30-4-2/h5-16H,3-4H2,1-2H3. The molecule has 0 fully saturated rings. The molecule has 0 saturated carbocycles. The lowest BCUT2D eigenvalue weighted by Gasteiger charge is -2.08. The largest absolute Gasteiger partial charge is 0.462 e. The highest BCUT2D eigenvalue weighted by Crippen LogP contribution is 2.44. The molecule has 0 atom stereocenters. The lowest BCUT2D eigenvalue weighted by atomic mass is 9.97. The van der Waals surface area contributed by atoms with E-state index in [0.29, 0.717) is 24.3 Å². The lowest BCUT2D eigenvalue weighted by Crippen LogP contribution is -2.04. The third-order valence-electron chi connectivity index (χ3n) is 4.94. The maximum Gasteiger partial charge on any atom is 0.338 e. The molecule has 4 nitrogen and oxygen atoms in total. The van der Waals surface area contributed by atoms with Gasteiger partial charge in [0, 0.05) is 20.5 Å². The lowest BCUT2D eigenvalue weighted by molar-refractivity contribution is 0.0517. The van der Waals surface area contributed by atoms with Crippen molar-refractivity contribution in [2.45, 2.75) is 13.8 Å². The first kappa shape index (κ1) is 20.8. The summed E-state index contributed by atoms with van der Waals surface area (Å²) in [6.45, 7) is 4.29. The molecule has 1 heterocycles. The van der Waals surface area contributed by atoms with Gasteiger partial charge in [-0.05, 0) is 55.3 Å². The topological polar surface area (TPSA) is 52.6 Å². The monoisotopic (exact) mass is 430 g/mol. The molecule has 4 rings (SSSR count). The van der Waals surface area contributed by atoms with Crippen LogP contribution in [0.2, 0.25) is 0 Å². The molecule has 0 spiro atoms. The summed E-state index contributed by atoms with van der Waals surface area (Å²) in [5, 5.41) is 1.15. The van der Waals surface area contributed by atoms with Crippen LogP contribution in [-0.2, 0) is 9.47 Å². The van der Waals surface area contributed by atoms with E-state index in [1.54, 1.807) is 49.4 Å². The van der Waals surface area contributed by atoms with E-state index < -0.39 is 0 Å². The molecule has 4 aromatic rings. The number of rotatable bonds is 6. The van der Waals surface area contributed by atoms with Crippen LogP contribution in [0.25, 0.3) is 31.7 Å². The van der Waals surface area contributed by atoms with Crippen molar-refractivity contribution in [3.8, 4) is 21.6 Å². The van der Waals surface area contributed by atoms with E-state index in [4.69, 9.17) is 9.47 Å². The number of ether oxygens (including phenoxy) is 2. The second-order valence-electron chi connectivity index (χ2n) is 6.90. The maximum atomic E-state index is 12.0. The van der Waals surface area contributed by atoms with Crippen LogP contribution in [0.15, 0.2) is 72.8 Å². The molecule has 0 unspecified atom stereocenters. The van der Waals surface area contributed by atoms with Crippen LogP contribution in [0.1, 0.15) is 34.6 Å². The minimum atomic E-state index is -0.320. The Morgan fingerprint density at radius 1 is 0.710 bits per heavy atom. The average molecular weight is 431 g/mol. The predicted molar refractivity (Wildman–Crippen MR) is 125 cm³/mol. The van der Waals surface area contributed by atoms with Crippen LogP contribution in [0.5, 0.6) is 0 Å². The van der Waals surface area contributed by atoms with E-state index in [9.17, 15) is 9.59 Å². The third-order valence-corrected chi connectivity index (χ3v) is 6.16. The van der Waals surface area contributed by atoms with Crippen LogP contribution in [0.4, 0.5) is 0 Å². The Labute approximate surface area is 185 Å². The third kappa shape index (κ3) is 4.23. The first-order valence-corrected chi connectivity index (χ1v) is 11.0. The highest BCUT2D eigenvalue weighted by molar-refractivity contribution is 7.23. The molecule has 5 heteroatoms. The van der Waals surface area contributed by atoms with Gasteiger partial charge in [0.2, 0.25) is 0 Å². The first-order valence-electron chi connectivity index (χ1n) is 10.2. The number of hydrogen-bond donors (Lipinski definition) is 0. The summed E-state index contributed by atoms with van der Waals surface area (Å²) in [6, 6.07) is 23.3. The summed E-state index contributed by atoms with van der Waals surface area (Å²) in [5.74, 6) is -0.640. The molecule has 1 aromatic heterocycles. The predicted octanol–water partition coefficient (Wildman–Crippen LogP) is 6.59. The van der Waals surface area contributed by atoms with Crippen molar-refractivity contribution in [2.75, 3.05) is 13.2 Å². The Morgan fingerprint density at radius 3 is 1.77 bits per heavy atom. The molecule has 0 radical (unpaired) electrons. The summed E-state index contributed by atoms with van der Waals surface area (Å²) in [6.07, 6.45) is 0. The van der Waals surface area contributed by atoms with Crippen molar-refractivity contribution in [2.24, 2.45) is 0 Å². The van der Waals surface area contributed by atoms with Crippen molar-refractivity contribution in [1.29, 1.82) is 0 Å². The van der Waals surface area contributed by atoms with E-state index in [0.717, 1.165) is 27.0 Å². The number of carbonyl (C=O) groups is 2. The average Bonchev–Trinajstić information content (AvgIpc) is 3.19. The molecule has 3 aromatic carbocycles. The molecule has 0 N–H and O–H groups in total. The van der Waals surface area contributed by atoms with Gasteiger partial charge in [-0.3, -0.25) is 0 Å². The smallest absolute Gasteiger partial charge is 0.338 e. The fourth-order valence-corrected chi connectivity index (χ4v) is 4.73. The zero-order valence-electron chi connectivity index (χ0n) is 17.4. The molecular formula is C26H22O4S. The summed E-state index contributed by atoms with van der Waals surface area (Å²) < 4.78 is 11.4. The van der Waals surface area contributed by atoms with Gasteiger partial charge in [-0.15, -0.1) is 11.3 Å². The minimum Gasteiger partial charge on any atom is -0.462 e. The molecule has 0 aliphatic heterocycles. The van der Waals surface area contributed by atoms with Crippen LogP contribution >= 0.6 is 11.3 Å². The number of thiophene rings is 1. The van der Waals surface area contributed by atoms with Gasteiger partial charge in [0.1, 0.15) is 0 Å². The Morgan fingerprint density at radius 2 is 1.23 bits per heavy atom. The number of fused-ring (bicyclic) bond motifs is 1. The zero-order valence-corrected chi connectivity index (χ0v) is 18.2. The van der Waals surface area contributed by atoms with Gasteiger partial charge in [-0.25, -0.2) is 9.59 Å². The Balaban J connectivity index is 1.78. The number of esters is 2. The van der Waals surface area contributed by atoms with Gasteiger partial charge in [-0.2, -0.15) is 0 Å². The molecule has 0 saturated heterocycles.